The minimum atomic E-state index is -0.397. The van der Waals surface area contributed by atoms with Gasteiger partial charge in [-0.15, -0.1) is 0 Å². The largest absolute Gasteiger partial charge is 0.444 e. The van der Waals surface area contributed by atoms with Crippen LogP contribution in [0, 0.1) is 5.82 Å². The van der Waals surface area contributed by atoms with Gasteiger partial charge in [-0.1, -0.05) is 0 Å². The monoisotopic (exact) mass is 375 g/mol. The third-order valence-electron chi connectivity index (χ3n) is 2.88. The Hall–Kier alpha value is -1.50. The fourth-order valence-corrected chi connectivity index (χ4v) is 2.16. The first kappa shape index (κ1) is 18.5. The number of nitrogens with zero attached hydrogens (tertiary/aromatic N) is 1. The van der Waals surface area contributed by atoms with Gasteiger partial charge in [0.15, 0.2) is 0 Å². The van der Waals surface area contributed by atoms with Crippen LogP contribution < -0.4 is 11.5 Å². The van der Waals surface area contributed by atoms with Crippen molar-refractivity contribution in [3.05, 3.63) is 22.4 Å². The molecule has 124 valence electrons. The Morgan fingerprint density at radius 2 is 1.73 bits per heavy atom. The maximum absolute atomic E-state index is 12.6. The predicted molar refractivity (Wildman–Crippen MR) is 90.0 cm³/mol. The minimum absolute atomic E-state index is 0.167. The Labute approximate surface area is 138 Å². The lowest BCUT2D eigenvalue weighted by Gasteiger charge is -2.23. The van der Waals surface area contributed by atoms with Gasteiger partial charge < -0.3 is 21.1 Å². The lowest BCUT2D eigenvalue weighted by atomic mass is 10.2. The zero-order chi connectivity index (χ0) is 16.9. The van der Waals surface area contributed by atoms with Crippen molar-refractivity contribution in [3.8, 4) is 0 Å². The quantitative estimate of drug-likeness (QED) is 0.676. The lowest BCUT2D eigenvalue weighted by molar-refractivity contribution is 0.0295. The molecule has 1 amide bonds. The number of carbonyl (C=O) groups excluding carboxylic acids is 1. The third-order valence-corrected chi connectivity index (χ3v) is 3.49. The van der Waals surface area contributed by atoms with Gasteiger partial charge in [0.1, 0.15) is 11.4 Å². The van der Waals surface area contributed by atoms with Crippen molar-refractivity contribution in [1.29, 1.82) is 0 Å². The number of hydrogen-bond acceptors (Lipinski definition) is 4. The molecule has 1 aliphatic heterocycles. The number of ether oxygens (including phenoxy) is 1. The van der Waals surface area contributed by atoms with Crippen molar-refractivity contribution in [2.75, 3.05) is 24.6 Å². The van der Waals surface area contributed by atoms with Gasteiger partial charge in [0, 0.05) is 19.2 Å². The van der Waals surface area contributed by atoms with Gasteiger partial charge in [-0.2, -0.15) is 0 Å². The molecule has 4 N–H and O–H groups in total. The van der Waals surface area contributed by atoms with Crippen molar-refractivity contribution in [1.82, 2.24) is 4.90 Å². The summed E-state index contributed by atoms with van der Waals surface area (Å²) in [4.78, 5) is 13.1. The molecule has 1 fully saturated rings. The molecule has 7 heteroatoms. The van der Waals surface area contributed by atoms with Crippen molar-refractivity contribution >= 4 is 33.4 Å². The summed E-state index contributed by atoms with van der Waals surface area (Å²) in [5, 5.41) is 0. The SMILES string of the molecule is CC(C)(C)OC(=O)N1CCCC1.Nc1cc(F)c(Br)cc1N. The minimum Gasteiger partial charge on any atom is -0.444 e. The maximum Gasteiger partial charge on any atom is 0.410 e. The van der Waals surface area contributed by atoms with Crippen LogP contribution in [-0.2, 0) is 4.74 Å². The van der Waals surface area contributed by atoms with Crippen LogP contribution in [0.5, 0.6) is 0 Å². The molecule has 0 bridgehead atoms. The zero-order valence-electron chi connectivity index (χ0n) is 13.2. The number of carbonyl (C=O) groups is 1. The Balaban J connectivity index is 0.000000224. The Morgan fingerprint density at radius 3 is 2.18 bits per heavy atom. The van der Waals surface area contributed by atoms with Gasteiger partial charge in [0.2, 0.25) is 0 Å². The highest BCUT2D eigenvalue weighted by atomic mass is 79.9. The summed E-state index contributed by atoms with van der Waals surface area (Å²) in [5.74, 6) is -0.397. The second-order valence-electron chi connectivity index (χ2n) is 6.07. The number of amides is 1. The second kappa shape index (κ2) is 7.67. The van der Waals surface area contributed by atoms with Gasteiger partial charge in [-0.3, -0.25) is 0 Å². The van der Waals surface area contributed by atoms with Crippen molar-refractivity contribution in [3.63, 3.8) is 0 Å². The number of nitrogen functional groups attached to an aromatic ring is 2. The Kier molecular flexibility index (Phi) is 6.47. The number of hydrogen-bond donors (Lipinski definition) is 2. The zero-order valence-corrected chi connectivity index (χ0v) is 14.7. The number of nitrogens with two attached hydrogens (primary N) is 2. The molecule has 22 heavy (non-hydrogen) atoms. The molecule has 1 aromatic carbocycles. The standard InChI is InChI=1S/C9H17NO2.C6H6BrFN2/c1-9(2,3)12-8(11)10-6-4-5-7-10;7-3-1-5(9)6(10)2-4(3)8/h4-7H2,1-3H3;1-2H,9-10H2. The van der Waals surface area contributed by atoms with Gasteiger partial charge in [-0.25, -0.2) is 9.18 Å². The molecule has 0 atom stereocenters. The van der Waals surface area contributed by atoms with E-state index in [1.807, 2.05) is 20.8 Å². The highest BCUT2D eigenvalue weighted by molar-refractivity contribution is 9.10. The van der Waals surface area contributed by atoms with Gasteiger partial charge in [-0.05, 0) is 55.6 Å². The Morgan fingerprint density at radius 1 is 1.23 bits per heavy atom. The summed E-state index contributed by atoms with van der Waals surface area (Å²) >= 11 is 2.97. The van der Waals surface area contributed by atoms with Crippen LogP contribution in [0.25, 0.3) is 0 Å². The second-order valence-corrected chi connectivity index (χ2v) is 6.92. The van der Waals surface area contributed by atoms with Crippen LogP contribution in [0.15, 0.2) is 16.6 Å². The molecule has 0 aliphatic carbocycles. The highest BCUT2D eigenvalue weighted by Gasteiger charge is 2.23. The average molecular weight is 376 g/mol. The first-order chi connectivity index (χ1) is 10.1. The van der Waals surface area contributed by atoms with E-state index in [2.05, 4.69) is 15.9 Å². The van der Waals surface area contributed by atoms with Crippen LogP contribution >= 0.6 is 15.9 Å². The molecular formula is C15H23BrFN3O2. The normalized spacial score (nSPS) is 14.3. The van der Waals surface area contributed by atoms with Crippen molar-refractivity contribution in [2.45, 2.75) is 39.2 Å². The van der Waals surface area contributed by atoms with Crippen molar-refractivity contribution in [2.24, 2.45) is 0 Å². The topological polar surface area (TPSA) is 81.6 Å². The van der Waals surface area contributed by atoms with E-state index < -0.39 is 5.82 Å². The molecule has 0 unspecified atom stereocenters. The summed E-state index contributed by atoms with van der Waals surface area (Å²) in [5.41, 5.74) is 11.0. The van der Waals surface area contributed by atoms with Crippen LogP contribution in [0.4, 0.5) is 20.6 Å². The average Bonchev–Trinajstić information content (AvgIpc) is 2.89. The van der Waals surface area contributed by atoms with Crippen molar-refractivity contribution < 1.29 is 13.9 Å². The molecule has 1 aromatic rings. The van der Waals surface area contributed by atoms with Gasteiger partial charge in [0.25, 0.3) is 0 Å². The van der Waals surface area contributed by atoms with Gasteiger partial charge in [0.05, 0.1) is 15.8 Å². The van der Waals surface area contributed by atoms with E-state index >= 15 is 0 Å². The lowest BCUT2D eigenvalue weighted by Crippen LogP contribution is -2.34. The fourth-order valence-electron chi connectivity index (χ4n) is 1.80. The number of anilines is 2. The molecule has 0 aromatic heterocycles. The number of likely N-dealkylation sites (tertiary alicyclic amines) is 1. The van der Waals surface area contributed by atoms with E-state index in [-0.39, 0.29) is 17.4 Å². The molecule has 2 rings (SSSR count). The van der Waals surface area contributed by atoms with Gasteiger partial charge >= 0.3 is 6.09 Å². The first-order valence-electron chi connectivity index (χ1n) is 7.08. The molecule has 1 saturated heterocycles. The number of rotatable bonds is 0. The summed E-state index contributed by atoms with van der Waals surface area (Å²) in [7, 11) is 0. The summed E-state index contributed by atoms with van der Waals surface area (Å²) in [6.45, 7) is 7.38. The molecular weight excluding hydrogens is 353 g/mol. The Bertz CT molecular complexity index is 476. The van der Waals surface area contributed by atoms with Crippen LogP contribution in [-0.4, -0.2) is 29.7 Å². The first-order valence-corrected chi connectivity index (χ1v) is 7.87. The van der Waals surface area contributed by atoms with E-state index in [0.717, 1.165) is 25.9 Å². The molecule has 0 spiro atoms. The summed E-state index contributed by atoms with van der Waals surface area (Å²) in [6, 6.07) is 2.62. The number of benzene rings is 1. The van der Waals surface area contributed by atoms with E-state index in [1.165, 1.54) is 12.1 Å². The number of halogens is 2. The molecule has 5 nitrogen and oxygen atoms in total. The molecule has 1 heterocycles. The molecule has 1 aliphatic rings. The predicted octanol–water partition coefficient (Wildman–Crippen LogP) is 3.77. The van der Waals surface area contributed by atoms with E-state index in [9.17, 15) is 9.18 Å². The van der Waals surface area contributed by atoms with Crippen LogP contribution in [0.1, 0.15) is 33.6 Å². The van der Waals surface area contributed by atoms with Crippen LogP contribution in [0.2, 0.25) is 0 Å². The van der Waals surface area contributed by atoms with E-state index in [4.69, 9.17) is 16.2 Å². The van der Waals surface area contributed by atoms with Crippen LogP contribution in [0.3, 0.4) is 0 Å². The van der Waals surface area contributed by atoms with E-state index in [1.54, 1.807) is 4.90 Å². The molecule has 0 radical (unpaired) electrons. The summed E-state index contributed by atoms with van der Waals surface area (Å²) in [6.07, 6.45) is 2.05. The molecule has 0 saturated carbocycles. The fraction of sp³-hybridized carbons (Fsp3) is 0.533. The maximum atomic E-state index is 12.6. The third kappa shape index (κ3) is 6.09. The van der Waals surface area contributed by atoms with E-state index in [0.29, 0.717) is 10.2 Å². The summed E-state index contributed by atoms with van der Waals surface area (Å²) < 4.78 is 18.1. The smallest absolute Gasteiger partial charge is 0.410 e. The highest BCUT2D eigenvalue weighted by Crippen LogP contribution is 2.23.